The van der Waals surface area contributed by atoms with Crippen molar-refractivity contribution in [3.63, 3.8) is 0 Å². The van der Waals surface area contributed by atoms with Gasteiger partial charge in [-0.25, -0.2) is 4.39 Å². The van der Waals surface area contributed by atoms with Crippen molar-refractivity contribution in [3.8, 4) is 0 Å². The Bertz CT molecular complexity index is 524. The van der Waals surface area contributed by atoms with E-state index in [1.54, 1.807) is 6.07 Å². The molecule has 0 radical (unpaired) electrons. The van der Waals surface area contributed by atoms with Crippen LogP contribution in [0.5, 0.6) is 0 Å². The minimum absolute atomic E-state index is 0. The number of fused-ring (bicyclic) bond motifs is 2. The van der Waals surface area contributed by atoms with Crippen LogP contribution in [0.3, 0.4) is 0 Å². The first-order chi connectivity index (χ1) is 9.06. The third-order valence-corrected chi connectivity index (χ3v) is 4.71. The summed E-state index contributed by atoms with van der Waals surface area (Å²) in [5.74, 6) is -0.0569. The van der Waals surface area contributed by atoms with Crippen LogP contribution in [0, 0.1) is 23.6 Å². The second-order valence-corrected chi connectivity index (χ2v) is 5.99. The number of rotatable bonds is 2. The molecule has 1 aromatic rings. The fourth-order valence-electron chi connectivity index (χ4n) is 3.53. The third-order valence-electron chi connectivity index (χ3n) is 4.47. The Kier molecular flexibility index (Phi) is 4.57. The van der Waals surface area contributed by atoms with Gasteiger partial charge in [0.25, 0.3) is 0 Å². The van der Waals surface area contributed by atoms with Gasteiger partial charge in [0.2, 0.25) is 5.91 Å². The molecule has 4 unspecified atom stereocenters. The highest BCUT2D eigenvalue weighted by molar-refractivity contribution is 6.30. The highest BCUT2D eigenvalue weighted by Gasteiger charge is 2.49. The lowest BCUT2D eigenvalue weighted by Crippen LogP contribution is -2.42. The van der Waals surface area contributed by atoms with Gasteiger partial charge in [-0.2, -0.15) is 0 Å². The van der Waals surface area contributed by atoms with Gasteiger partial charge >= 0.3 is 0 Å². The van der Waals surface area contributed by atoms with E-state index in [9.17, 15) is 9.18 Å². The van der Waals surface area contributed by atoms with Crippen LogP contribution in [0.1, 0.15) is 19.3 Å². The van der Waals surface area contributed by atoms with Crippen molar-refractivity contribution < 1.29 is 9.18 Å². The van der Waals surface area contributed by atoms with Gasteiger partial charge in [0.05, 0.1) is 11.6 Å². The SMILES string of the molecule is Cl.NC1C2CCC(C2)C1C(=O)Nc1ccc(Cl)cc1F. The van der Waals surface area contributed by atoms with Gasteiger partial charge in [-0.3, -0.25) is 4.79 Å². The smallest absolute Gasteiger partial charge is 0.229 e. The minimum atomic E-state index is -0.516. The van der Waals surface area contributed by atoms with Crippen molar-refractivity contribution >= 4 is 35.6 Å². The Morgan fingerprint density at radius 2 is 2.05 bits per heavy atom. The monoisotopic (exact) mass is 318 g/mol. The number of carbonyl (C=O) groups is 1. The minimum Gasteiger partial charge on any atom is -0.327 e. The summed E-state index contributed by atoms with van der Waals surface area (Å²) in [5.41, 5.74) is 6.28. The number of nitrogens with one attached hydrogen (secondary N) is 1. The fourth-order valence-corrected chi connectivity index (χ4v) is 3.69. The number of hydrogen-bond donors (Lipinski definition) is 2. The second kappa shape index (κ2) is 5.88. The molecule has 2 aliphatic rings. The Morgan fingerprint density at radius 1 is 1.35 bits per heavy atom. The average molecular weight is 319 g/mol. The molecular weight excluding hydrogens is 302 g/mol. The lowest BCUT2D eigenvalue weighted by atomic mass is 9.84. The molecule has 4 atom stereocenters. The predicted molar refractivity (Wildman–Crippen MR) is 79.6 cm³/mol. The van der Waals surface area contributed by atoms with Crippen LogP contribution in [0.2, 0.25) is 5.02 Å². The van der Waals surface area contributed by atoms with Crippen LogP contribution in [0.25, 0.3) is 0 Å². The van der Waals surface area contributed by atoms with Gasteiger partial charge in [-0.15, -0.1) is 12.4 Å². The molecule has 0 aromatic heterocycles. The number of nitrogens with two attached hydrogens (primary N) is 1. The quantitative estimate of drug-likeness (QED) is 0.879. The van der Waals surface area contributed by atoms with Crippen LogP contribution < -0.4 is 11.1 Å². The fraction of sp³-hybridized carbons (Fsp3) is 0.500. The molecule has 2 saturated carbocycles. The zero-order valence-electron chi connectivity index (χ0n) is 10.8. The van der Waals surface area contributed by atoms with Gasteiger partial charge in [0, 0.05) is 11.1 Å². The molecule has 3 N–H and O–H groups in total. The van der Waals surface area contributed by atoms with Crippen LogP contribution in [0.15, 0.2) is 18.2 Å². The van der Waals surface area contributed by atoms with Crippen molar-refractivity contribution in [2.75, 3.05) is 5.32 Å². The van der Waals surface area contributed by atoms with E-state index in [4.69, 9.17) is 17.3 Å². The summed E-state index contributed by atoms with van der Waals surface area (Å²) in [6.07, 6.45) is 3.20. The molecule has 3 nitrogen and oxygen atoms in total. The zero-order valence-corrected chi connectivity index (χ0v) is 12.4. The van der Waals surface area contributed by atoms with E-state index >= 15 is 0 Å². The lowest BCUT2D eigenvalue weighted by molar-refractivity contribution is -0.121. The van der Waals surface area contributed by atoms with Gasteiger partial charge < -0.3 is 11.1 Å². The first kappa shape index (κ1) is 15.5. The summed E-state index contributed by atoms with van der Waals surface area (Å²) >= 11 is 5.68. The summed E-state index contributed by atoms with van der Waals surface area (Å²) in [5, 5.41) is 2.95. The number of anilines is 1. The summed E-state index contributed by atoms with van der Waals surface area (Å²) in [6, 6.07) is 4.14. The molecule has 20 heavy (non-hydrogen) atoms. The van der Waals surface area contributed by atoms with Gasteiger partial charge in [-0.1, -0.05) is 11.6 Å². The van der Waals surface area contributed by atoms with Gasteiger partial charge in [-0.05, 0) is 49.3 Å². The first-order valence-electron chi connectivity index (χ1n) is 6.58. The zero-order chi connectivity index (χ0) is 13.6. The Morgan fingerprint density at radius 3 is 2.65 bits per heavy atom. The van der Waals surface area contributed by atoms with Crippen molar-refractivity contribution in [2.45, 2.75) is 25.3 Å². The van der Waals surface area contributed by atoms with Crippen LogP contribution in [-0.2, 0) is 4.79 Å². The van der Waals surface area contributed by atoms with Crippen molar-refractivity contribution in [3.05, 3.63) is 29.0 Å². The molecule has 2 fully saturated rings. The van der Waals surface area contributed by atoms with Crippen LogP contribution in [0.4, 0.5) is 10.1 Å². The van der Waals surface area contributed by atoms with Crippen molar-refractivity contribution in [1.29, 1.82) is 0 Å². The van der Waals surface area contributed by atoms with Crippen LogP contribution in [-0.4, -0.2) is 11.9 Å². The molecule has 1 amide bonds. The Labute approximate surface area is 128 Å². The molecule has 0 aliphatic heterocycles. The van der Waals surface area contributed by atoms with E-state index in [1.165, 1.54) is 12.1 Å². The second-order valence-electron chi connectivity index (χ2n) is 5.55. The average Bonchev–Trinajstić information content (AvgIpc) is 2.93. The summed E-state index contributed by atoms with van der Waals surface area (Å²) in [6.45, 7) is 0. The maximum absolute atomic E-state index is 13.7. The molecular formula is C14H17Cl2FN2O. The largest absolute Gasteiger partial charge is 0.327 e. The first-order valence-corrected chi connectivity index (χ1v) is 6.95. The molecule has 0 spiro atoms. The topological polar surface area (TPSA) is 55.1 Å². The standard InChI is InChI=1S/C14H16ClFN2O.ClH/c15-9-3-4-11(10(16)6-9)18-14(19)12-7-1-2-8(5-7)13(12)17;/h3-4,6-8,12-13H,1-2,5,17H2,(H,18,19);1H. The molecule has 110 valence electrons. The summed E-state index contributed by atoms with van der Waals surface area (Å²) in [4.78, 5) is 12.3. The normalized spacial score (nSPS) is 30.9. The lowest BCUT2D eigenvalue weighted by Gasteiger charge is -2.27. The van der Waals surface area contributed by atoms with Crippen molar-refractivity contribution in [1.82, 2.24) is 0 Å². The Balaban J connectivity index is 0.00000147. The highest BCUT2D eigenvalue weighted by atomic mass is 35.5. The van der Waals surface area contributed by atoms with E-state index in [0.29, 0.717) is 16.9 Å². The molecule has 6 heteroatoms. The number of amides is 1. The number of hydrogen-bond acceptors (Lipinski definition) is 2. The molecule has 2 bridgehead atoms. The number of halogens is 3. The number of benzene rings is 1. The maximum atomic E-state index is 13.7. The summed E-state index contributed by atoms with van der Waals surface area (Å²) in [7, 11) is 0. The molecule has 1 aromatic carbocycles. The maximum Gasteiger partial charge on any atom is 0.229 e. The predicted octanol–water partition coefficient (Wildman–Crippen LogP) is 3.21. The molecule has 0 heterocycles. The molecule has 2 aliphatic carbocycles. The van der Waals surface area contributed by atoms with Gasteiger partial charge in [0.1, 0.15) is 5.82 Å². The van der Waals surface area contributed by atoms with Crippen LogP contribution >= 0.6 is 24.0 Å². The summed E-state index contributed by atoms with van der Waals surface area (Å²) < 4.78 is 13.7. The Hall–Kier alpha value is -0.840. The number of carbonyl (C=O) groups excluding carboxylic acids is 1. The van der Waals surface area contributed by atoms with E-state index in [1.807, 2.05) is 0 Å². The van der Waals surface area contributed by atoms with E-state index in [0.717, 1.165) is 19.3 Å². The highest BCUT2D eigenvalue weighted by Crippen LogP contribution is 2.47. The van der Waals surface area contributed by atoms with E-state index < -0.39 is 5.82 Å². The molecule has 0 saturated heterocycles. The molecule has 3 rings (SSSR count). The van der Waals surface area contributed by atoms with Gasteiger partial charge in [0.15, 0.2) is 0 Å². The van der Waals surface area contributed by atoms with E-state index in [2.05, 4.69) is 5.32 Å². The van der Waals surface area contributed by atoms with E-state index in [-0.39, 0.29) is 36.0 Å². The third kappa shape index (κ3) is 2.65. The van der Waals surface area contributed by atoms with Crippen molar-refractivity contribution in [2.24, 2.45) is 23.5 Å².